The monoisotopic (exact) mass is 565 g/mol. The molecule has 220 valence electrons. The molecule has 0 unspecified atom stereocenters. The lowest BCUT2D eigenvalue weighted by Gasteiger charge is -2.11. The Kier molecular flexibility index (Phi) is 12.5. The topological polar surface area (TPSA) is 57.1 Å². The lowest BCUT2D eigenvalue weighted by Crippen LogP contribution is -2.09. The SMILES string of the molecule is CCCCCCCCCCCCOc1ccc(C(=O)Oc2ccc(C=Nc3ccc4ccccc4c3)cc2OC)cc1. The second-order valence-electron chi connectivity index (χ2n) is 10.6. The molecule has 0 saturated carbocycles. The third-order valence-electron chi connectivity index (χ3n) is 7.34. The Balaban J connectivity index is 1.21. The number of aliphatic imine (C=N–C) groups is 1. The second kappa shape index (κ2) is 17.0. The van der Waals surface area contributed by atoms with Crippen molar-refractivity contribution in [2.24, 2.45) is 4.99 Å². The first-order valence-electron chi connectivity index (χ1n) is 15.3. The molecule has 0 radical (unpaired) electrons. The zero-order valence-electron chi connectivity index (χ0n) is 25.0. The summed E-state index contributed by atoms with van der Waals surface area (Å²) in [5.74, 6) is 1.12. The average molecular weight is 566 g/mol. The zero-order chi connectivity index (χ0) is 29.4. The molecule has 5 heteroatoms. The number of carbonyl (C=O) groups excluding carboxylic acids is 1. The normalized spacial score (nSPS) is 11.2. The molecule has 4 aromatic rings. The summed E-state index contributed by atoms with van der Waals surface area (Å²) in [6, 6.07) is 26.7. The molecule has 0 spiro atoms. The number of methoxy groups -OCH3 is 1. The van der Waals surface area contributed by atoms with Crippen LogP contribution < -0.4 is 14.2 Å². The largest absolute Gasteiger partial charge is 0.494 e. The van der Waals surface area contributed by atoms with Crippen LogP contribution >= 0.6 is 0 Å². The smallest absolute Gasteiger partial charge is 0.343 e. The van der Waals surface area contributed by atoms with Crippen LogP contribution in [0.5, 0.6) is 17.2 Å². The number of ether oxygens (including phenoxy) is 3. The highest BCUT2D eigenvalue weighted by Crippen LogP contribution is 2.29. The van der Waals surface area contributed by atoms with Crippen molar-refractivity contribution >= 4 is 28.6 Å². The first-order chi connectivity index (χ1) is 20.7. The van der Waals surface area contributed by atoms with E-state index in [1.54, 1.807) is 37.6 Å². The van der Waals surface area contributed by atoms with Gasteiger partial charge in [-0.15, -0.1) is 0 Å². The van der Waals surface area contributed by atoms with Gasteiger partial charge in [0.25, 0.3) is 0 Å². The van der Waals surface area contributed by atoms with E-state index >= 15 is 0 Å². The first-order valence-corrected chi connectivity index (χ1v) is 15.3. The van der Waals surface area contributed by atoms with E-state index in [9.17, 15) is 4.79 Å². The highest BCUT2D eigenvalue weighted by Gasteiger charge is 2.13. The highest BCUT2D eigenvalue weighted by atomic mass is 16.6. The molecule has 0 N–H and O–H groups in total. The maximum Gasteiger partial charge on any atom is 0.343 e. The summed E-state index contributed by atoms with van der Waals surface area (Å²) in [5.41, 5.74) is 2.15. The van der Waals surface area contributed by atoms with Gasteiger partial charge in [-0.05, 0) is 77.4 Å². The maximum absolute atomic E-state index is 12.8. The van der Waals surface area contributed by atoms with E-state index in [2.05, 4.69) is 30.1 Å². The minimum Gasteiger partial charge on any atom is -0.494 e. The van der Waals surface area contributed by atoms with Crippen LogP contribution in [0.15, 0.2) is 89.9 Å². The van der Waals surface area contributed by atoms with Crippen molar-refractivity contribution in [2.75, 3.05) is 13.7 Å². The predicted octanol–water partition coefficient (Wildman–Crippen LogP) is 10.1. The Hall–Kier alpha value is -4.12. The molecule has 0 fully saturated rings. The van der Waals surface area contributed by atoms with Crippen molar-refractivity contribution in [3.8, 4) is 17.2 Å². The van der Waals surface area contributed by atoms with Crippen LogP contribution in [-0.4, -0.2) is 25.9 Å². The fraction of sp³-hybridized carbons (Fsp3) is 0.351. The molecule has 0 heterocycles. The summed E-state index contributed by atoms with van der Waals surface area (Å²) in [4.78, 5) is 17.4. The van der Waals surface area contributed by atoms with Crippen LogP contribution in [0.4, 0.5) is 5.69 Å². The molecule has 5 nitrogen and oxygen atoms in total. The van der Waals surface area contributed by atoms with E-state index in [4.69, 9.17) is 14.2 Å². The van der Waals surface area contributed by atoms with E-state index in [1.165, 1.54) is 63.2 Å². The second-order valence-corrected chi connectivity index (χ2v) is 10.6. The quantitative estimate of drug-likeness (QED) is 0.0553. The molecule has 4 aromatic carbocycles. The Morgan fingerprint density at radius 2 is 1.40 bits per heavy atom. The summed E-state index contributed by atoms with van der Waals surface area (Å²) in [6.07, 6.45) is 14.7. The van der Waals surface area contributed by atoms with Crippen molar-refractivity contribution in [3.05, 3.63) is 96.1 Å². The predicted molar refractivity (Wildman–Crippen MR) is 173 cm³/mol. The van der Waals surface area contributed by atoms with Gasteiger partial charge in [-0.25, -0.2) is 4.79 Å². The molecule has 0 aliphatic rings. The van der Waals surface area contributed by atoms with Crippen molar-refractivity contribution in [1.82, 2.24) is 0 Å². The average Bonchev–Trinajstić information content (AvgIpc) is 3.03. The Labute approximate surface area is 250 Å². The van der Waals surface area contributed by atoms with E-state index in [-0.39, 0.29) is 0 Å². The Morgan fingerprint density at radius 1 is 0.714 bits per heavy atom. The van der Waals surface area contributed by atoms with Crippen LogP contribution in [0.2, 0.25) is 0 Å². The standard InChI is InChI=1S/C37H43NO4/c1-3-4-5-6-7-8-9-10-11-14-25-41-34-22-19-31(20-23-34)37(39)42-35-24-17-29(26-36(35)40-2)28-38-33-21-18-30-15-12-13-16-32(30)27-33/h12-13,15-24,26-28H,3-11,14,25H2,1-2H3. The third-order valence-corrected chi connectivity index (χ3v) is 7.34. The van der Waals surface area contributed by atoms with Crippen LogP contribution in [0, 0.1) is 0 Å². The number of benzene rings is 4. The fourth-order valence-electron chi connectivity index (χ4n) is 4.88. The van der Waals surface area contributed by atoms with E-state index in [1.807, 2.05) is 42.5 Å². The van der Waals surface area contributed by atoms with Crippen molar-refractivity contribution < 1.29 is 19.0 Å². The zero-order valence-corrected chi connectivity index (χ0v) is 25.0. The fourth-order valence-corrected chi connectivity index (χ4v) is 4.88. The maximum atomic E-state index is 12.8. The number of hydrogen-bond acceptors (Lipinski definition) is 5. The van der Waals surface area contributed by atoms with E-state index < -0.39 is 5.97 Å². The molecule has 0 saturated heterocycles. The summed E-state index contributed by atoms with van der Waals surface area (Å²) < 4.78 is 17.0. The number of rotatable bonds is 17. The van der Waals surface area contributed by atoms with Crippen LogP contribution in [0.25, 0.3) is 10.8 Å². The molecule has 0 bridgehead atoms. The van der Waals surface area contributed by atoms with Gasteiger partial charge in [0.1, 0.15) is 5.75 Å². The Morgan fingerprint density at radius 3 is 2.12 bits per heavy atom. The molecule has 4 rings (SSSR count). The lowest BCUT2D eigenvalue weighted by molar-refractivity contribution is 0.0729. The van der Waals surface area contributed by atoms with Crippen LogP contribution in [-0.2, 0) is 0 Å². The molecule has 0 amide bonds. The Bertz CT molecular complexity index is 1430. The number of hydrogen-bond donors (Lipinski definition) is 0. The van der Waals surface area contributed by atoms with Crippen molar-refractivity contribution in [3.63, 3.8) is 0 Å². The van der Waals surface area contributed by atoms with Crippen molar-refractivity contribution in [1.29, 1.82) is 0 Å². The van der Waals surface area contributed by atoms with Gasteiger partial charge in [-0.3, -0.25) is 4.99 Å². The molecule has 0 aromatic heterocycles. The summed E-state index contributed by atoms with van der Waals surface area (Å²) in [6.45, 7) is 2.95. The van der Waals surface area contributed by atoms with Gasteiger partial charge in [-0.1, -0.05) is 95.0 Å². The van der Waals surface area contributed by atoms with Gasteiger partial charge in [0, 0.05) is 6.21 Å². The van der Waals surface area contributed by atoms with Gasteiger partial charge in [-0.2, -0.15) is 0 Å². The van der Waals surface area contributed by atoms with E-state index in [0.29, 0.717) is 23.7 Å². The summed E-state index contributed by atoms with van der Waals surface area (Å²) in [5, 5.41) is 2.32. The first kappa shape index (κ1) is 30.8. The molecule has 0 atom stereocenters. The molecule has 0 aliphatic heterocycles. The van der Waals surface area contributed by atoms with Gasteiger partial charge in [0.2, 0.25) is 0 Å². The van der Waals surface area contributed by atoms with Crippen LogP contribution in [0.3, 0.4) is 0 Å². The third kappa shape index (κ3) is 9.76. The highest BCUT2D eigenvalue weighted by molar-refractivity contribution is 5.92. The van der Waals surface area contributed by atoms with Gasteiger partial charge < -0.3 is 14.2 Å². The van der Waals surface area contributed by atoms with Crippen molar-refractivity contribution in [2.45, 2.75) is 71.1 Å². The minimum absolute atomic E-state index is 0.353. The number of unbranched alkanes of at least 4 members (excludes halogenated alkanes) is 9. The van der Waals surface area contributed by atoms with Gasteiger partial charge >= 0.3 is 5.97 Å². The molecular weight excluding hydrogens is 522 g/mol. The van der Waals surface area contributed by atoms with Gasteiger partial charge in [0.05, 0.1) is 25.0 Å². The van der Waals surface area contributed by atoms with E-state index in [0.717, 1.165) is 28.8 Å². The number of esters is 1. The lowest BCUT2D eigenvalue weighted by atomic mass is 10.1. The van der Waals surface area contributed by atoms with Crippen LogP contribution in [0.1, 0.15) is 87.1 Å². The molecule has 42 heavy (non-hydrogen) atoms. The number of carbonyl (C=O) groups is 1. The van der Waals surface area contributed by atoms with Gasteiger partial charge in [0.15, 0.2) is 11.5 Å². The molecular formula is C37H43NO4. The summed E-state index contributed by atoms with van der Waals surface area (Å²) >= 11 is 0. The number of fused-ring (bicyclic) bond motifs is 1. The number of nitrogens with zero attached hydrogens (tertiary/aromatic N) is 1. The molecule has 0 aliphatic carbocycles. The minimum atomic E-state index is -0.452. The summed E-state index contributed by atoms with van der Waals surface area (Å²) in [7, 11) is 1.55.